The summed E-state index contributed by atoms with van der Waals surface area (Å²) in [5.41, 5.74) is 4.58. The first-order valence-corrected chi connectivity index (χ1v) is 7.74. The molecule has 4 nitrogen and oxygen atoms in total. The maximum absolute atomic E-state index is 12.8. The highest BCUT2D eigenvalue weighted by molar-refractivity contribution is 6.04. The molecule has 0 spiro atoms. The topological polar surface area (TPSA) is 58.2 Å². The molecule has 24 heavy (non-hydrogen) atoms. The minimum absolute atomic E-state index is 0.256. The van der Waals surface area contributed by atoms with Gasteiger partial charge in [0.25, 0.3) is 0 Å². The molecule has 0 unspecified atom stereocenters. The smallest absolute Gasteiger partial charge is 0.233 e. The van der Waals surface area contributed by atoms with Crippen LogP contribution in [0.1, 0.15) is 28.7 Å². The molecule has 0 aliphatic rings. The minimum atomic E-state index is -0.376. The number of hydrogen-bond acceptors (Lipinski definition) is 2. The molecule has 0 bridgehead atoms. The van der Waals surface area contributed by atoms with Gasteiger partial charge < -0.3 is 10.6 Å². The van der Waals surface area contributed by atoms with Crippen LogP contribution in [-0.2, 0) is 16.1 Å². The zero-order valence-electron chi connectivity index (χ0n) is 14.1. The number of hydrogen-bond donors (Lipinski definition) is 2. The number of benzene rings is 2. The molecule has 0 fully saturated rings. The lowest BCUT2D eigenvalue weighted by molar-refractivity contribution is -0.126. The van der Waals surface area contributed by atoms with E-state index in [9.17, 15) is 14.0 Å². The molecule has 2 N–H and O–H groups in total. The third kappa shape index (κ3) is 4.91. The van der Waals surface area contributed by atoms with Gasteiger partial charge in [0.1, 0.15) is 12.2 Å². The zero-order chi connectivity index (χ0) is 17.7. The first kappa shape index (κ1) is 17.7. The maximum Gasteiger partial charge on any atom is 0.233 e. The Labute approximate surface area is 141 Å². The second kappa shape index (κ2) is 7.73. The number of carbonyl (C=O) groups is 2. The van der Waals surface area contributed by atoms with Gasteiger partial charge in [-0.2, -0.15) is 0 Å². The van der Waals surface area contributed by atoms with Crippen LogP contribution in [0.4, 0.5) is 10.1 Å². The van der Waals surface area contributed by atoms with Crippen LogP contribution in [0.2, 0.25) is 0 Å². The van der Waals surface area contributed by atoms with Crippen LogP contribution < -0.4 is 10.6 Å². The zero-order valence-corrected chi connectivity index (χ0v) is 14.1. The van der Waals surface area contributed by atoms with E-state index in [-0.39, 0.29) is 30.6 Å². The van der Waals surface area contributed by atoms with Crippen LogP contribution >= 0.6 is 0 Å². The lowest BCUT2D eigenvalue weighted by Gasteiger charge is -2.13. The average molecular weight is 328 g/mol. The highest BCUT2D eigenvalue weighted by atomic mass is 19.1. The van der Waals surface area contributed by atoms with E-state index in [4.69, 9.17) is 0 Å². The van der Waals surface area contributed by atoms with Crippen LogP contribution in [0.5, 0.6) is 0 Å². The van der Waals surface area contributed by atoms with Gasteiger partial charge in [0, 0.05) is 12.2 Å². The number of anilines is 1. The van der Waals surface area contributed by atoms with Crippen molar-refractivity contribution in [1.82, 2.24) is 5.32 Å². The summed E-state index contributed by atoms with van der Waals surface area (Å²) in [6, 6.07) is 9.81. The molecule has 0 aliphatic carbocycles. The van der Waals surface area contributed by atoms with E-state index in [1.807, 2.05) is 32.9 Å². The van der Waals surface area contributed by atoms with Gasteiger partial charge in [-0.3, -0.25) is 9.59 Å². The van der Waals surface area contributed by atoms with Crippen molar-refractivity contribution < 1.29 is 14.0 Å². The Bertz CT molecular complexity index is 731. The van der Waals surface area contributed by atoms with E-state index in [1.54, 1.807) is 12.1 Å². The van der Waals surface area contributed by atoms with Crippen molar-refractivity contribution in [2.24, 2.45) is 0 Å². The molecule has 0 saturated heterocycles. The predicted molar refractivity (Wildman–Crippen MR) is 92.1 cm³/mol. The molecule has 0 aliphatic heterocycles. The van der Waals surface area contributed by atoms with Gasteiger partial charge in [0.15, 0.2) is 0 Å². The number of aryl methyl sites for hydroxylation is 3. The van der Waals surface area contributed by atoms with Crippen LogP contribution in [-0.4, -0.2) is 11.8 Å². The summed E-state index contributed by atoms with van der Waals surface area (Å²) in [4.78, 5) is 23.9. The fourth-order valence-electron chi connectivity index (χ4n) is 2.57. The standard InChI is InChI=1S/C19H21FN2O2/c1-12-8-13(2)19(14(3)9-12)22-18(24)10-17(23)21-11-15-4-6-16(20)7-5-15/h4-9H,10-11H2,1-3H3,(H,21,23)(H,22,24). The number of halogens is 1. The Morgan fingerprint density at radius 2 is 1.54 bits per heavy atom. The summed E-state index contributed by atoms with van der Waals surface area (Å²) < 4.78 is 12.8. The summed E-state index contributed by atoms with van der Waals surface area (Å²) in [6.07, 6.45) is -0.256. The second-order valence-electron chi connectivity index (χ2n) is 5.90. The quantitative estimate of drug-likeness (QED) is 0.827. The lowest BCUT2D eigenvalue weighted by atomic mass is 10.0. The first-order chi connectivity index (χ1) is 11.3. The van der Waals surface area contributed by atoms with Gasteiger partial charge in [0.2, 0.25) is 11.8 Å². The van der Waals surface area contributed by atoms with Crippen molar-refractivity contribution in [3.63, 3.8) is 0 Å². The fourth-order valence-corrected chi connectivity index (χ4v) is 2.57. The van der Waals surface area contributed by atoms with E-state index in [2.05, 4.69) is 10.6 Å². The molecule has 2 aromatic rings. The van der Waals surface area contributed by atoms with Gasteiger partial charge in [0.05, 0.1) is 0 Å². The minimum Gasteiger partial charge on any atom is -0.352 e. The van der Waals surface area contributed by atoms with Crippen molar-refractivity contribution in [2.75, 3.05) is 5.32 Å². The van der Waals surface area contributed by atoms with Gasteiger partial charge >= 0.3 is 0 Å². The highest BCUT2D eigenvalue weighted by Crippen LogP contribution is 2.21. The SMILES string of the molecule is Cc1cc(C)c(NC(=O)CC(=O)NCc2ccc(F)cc2)c(C)c1. The third-order valence-corrected chi connectivity index (χ3v) is 3.67. The molecule has 2 amide bonds. The number of nitrogens with one attached hydrogen (secondary N) is 2. The van der Waals surface area contributed by atoms with E-state index >= 15 is 0 Å². The molecule has 2 aromatic carbocycles. The Kier molecular flexibility index (Phi) is 5.68. The largest absolute Gasteiger partial charge is 0.352 e. The lowest BCUT2D eigenvalue weighted by Crippen LogP contribution is -2.28. The van der Waals surface area contributed by atoms with Gasteiger partial charge in [-0.1, -0.05) is 29.8 Å². The van der Waals surface area contributed by atoms with Gasteiger partial charge in [-0.25, -0.2) is 4.39 Å². The van der Waals surface area contributed by atoms with E-state index < -0.39 is 0 Å². The summed E-state index contributed by atoms with van der Waals surface area (Å²) in [5, 5.41) is 5.44. The van der Waals surface area contributed by atoms with Crippen LogP contribution in [0.15, 0.2) is 36.4 Å². The normalized spacial score (nSPS) is 10.3. The molecular weight excluding hydrogens is 307 g/mol. The number of rotatable bonds is 5. The van der Waals surface area contributed by atoms with Crippen molar-refractivity contribution in [2.45, 2.75) is 33.7 Å². The van der Waals surface area contributed by atoms with Crippen LogP contribution in [0, 0.1) is 26.6 Å². The monoisotopic (exact) mass is 328 g/mol. The summed E-state index contributed by atoms with van der Waals surface area (Å²) >= 11 is 0. The Hall–Kier alpha value is -2.69. The van der Waals surface area contributed by atoms with E-state index in [0.717, 1.165) is 27.9 Å². The molecule has 0 saturated carbocycles. The predicted octanol–water partition coefficient (Wildman–Crippen LogP) is 3.40. The number of amides is 2. The molecular formula is C19H21FN2O2. The van der Waals surface area contributed by atoms with Gasteiger partial charge in [-0.15, -0.1) is 0 Å². The Morgan fingerprint density at radius 1 is 0.958 bits per heavy atom. The summed E-state index contributed by atoms with van der Waals surface area (Å²) in [5.74, 6) is -1.06. The number of carbonyl (C=O) groups excluding carboxylic acids is 2. The first-order valence-electron chi connectivity index (χ1n) is 7.74. The van der Waals surface area contributed by atoms with Crippen molar-refractivity contribution in [1.29, 1.82) is 0 Å². The van der Waals surface area contributed by atoms with Gasteiger partial charge in [-0.05, 0) is 49.6 Å². The molecule has 2 rings (SSSR count). The Balaban J connectivity index is 1.88. The molecule has 0 radical (unpaired) electrons. The molecule has 0 atom stereocenters. The molecule has 126 valence electrons. The van der Waals surface area contributed by atoms with Crippen molar-refractivity contribution in [3.8, 4) is 0 Å². The van der Waals surface area contributed by atoms with E-state index in [1.165, 1.54) is 12.1 Å². The maximum atomic E-state index is 12.8. The van der Waals surface area contributed by atoms with E-state index in [0.29, 0.717) is 0 Å². The summed E-state index contributed by atoms with van der Waals surface area (Å²) in [6.45, 7) is 6.10. The molecule has 0 aromatic heterocycles. The average Bonchev–Trinajstić information content (AvgIpc) is 2.50. The second-order valence-corrected chi connectivity index (χ2v) is 5.90. The van der Waals surface area contributed by atoms with Crippen LogP contribution in [0.25, 0.3) is 0 Å². The Morgan fingerprint density at radius 3 is 2.12 bits per heavy atom. The molecule has 0 heterocycles. The fraction of sp³-hybridized carbons (Fsp3) is 0.263. The molecule has 5 heteroatoms. The van der Waals surface area contributed by atoms with Crippen molar-refractivity contribution in [3.05, 3.63) is 64.5 Å². The van der Waals surface area contributed by atoms with Crippen LogP contribution in [0.3, 0.4) is 0 Å². The summed E-state index contributed by atoms with van der Waals surface area (Å²) in [7, 11) is 0. The highest BCUT2D eigenvalue weighted by Gasteiger charge is 2.12. The van der Waals surface area contributed by atoms with Crippen molar-refractivity contribution >= 4 is 17.5 Å². The third-order valence-electron chi connectivity index (χ3n) is 3.67.